The molecule has 0 bridgehead atoms. The van der Waals surface area contributed by atoms with Crippen molar-refractivity contribution >= 4 is 58.6 Å². The molecule has 1 aromatic heterocycles. The molecule has 1 saturated heterocycles. The number of anilines is 1. The topological polar surface area (TPSA) is 57.8 Å². The van der Waals surface area contributed by atoms with E-state index in [9.17, 15) is 0 Å². The van der Waals surface area contributed by atoms with Crippen molar-refractivity contribution in [2.75, 3.05) is 37.6 Å². The molecule has 0 amide bonds. The molecule has 1 aliphatic heterocycles. The summed E-state index contributed by atoms with van der Waals surface area (Å²) in [4.78, 5) is 14.9. The molecule has 0 spiro atoms. The first-order chi connectivity index (χ1) is 12.0. The number of aliphatic imine (C=N–C) groups is 1. The molecular weight excluding hydrogens is 481 g/mol. The summed E-state index contributed by atoms with van der Waals surface area (Å²) in [5, 5.41) is 1.91. The van der Waals surface area contributed by atoms with Crippen LogP contribution in [0.1, 0.15) is 15.6 Å². The van der Waals surface area contributed by atoms with Crippen LogP contribution in [0.4, 0.5) is 5.69 Å². The van der Waals surface area contributed by atoms with Crippen molar-refractivity contribution in [2.24, 2.45) is 10.7 Å². The van der Waals surface area contributed by atoms with E-state index in [0.29, 0.717) is 12.5 Å². The number of nitrogens with zero attached hydrogens (tertiary/aromatic N) is 4. The second-order valence-electron chi connectivity index (χ2n) is 6.19. The lowest BCUT2D eigenvalue weighted by Gasteiger charge is -2.36. The van der Waals surface area contributed by atoms with Crippen molar-refractivity contribution in [1.29, 1.82) is 0 Å². The fourth-order valence-electron chi connectivity index (χ4n) is 2.86. The Bertz CT molecular complexity index is 719. The number of aromatic nitrogens is 1. The molecule has 1 aliphatic rings. The highest BCUT2D eigenvalue weighted by Crippen LogP contribution is 2.19. The van der Waals surface area contributed by atoms with Crippen LogP contribution in [-0.2, 0) is 6.42 Å². The van der Waals surface area contributed by atoms with Gasteiger partial charge in [-0.05, 0) is 38.1 Å². The molecule has 2 aromatic rings. The summed E-state index contributed by atoms with van der Waals surface area (Å²) < 4.78 is 0. The zero-order chi connectivity index (χ0) is 17.8. The highest BCUT2D eigenvalue weighted by molar-refractivity contribution is 14.0. The fraction of sp³-hybridized carbons (Fsp3) is 0.444. The predicted molar refractivity (Wildman–Crippen MR) is 122 cm³/mol. The number of halogens is 2. The van der Waals surface area contributed by atoms with Gasteiger partial charge < -0.3 is 15.5 Å². The van der Waals surface area contributed by atoms with Crippen LogP contribution in [0.5, 0.6) is 0 Å². The van der Waals surface area contributed by atoms with E-state index >= 15 is 0 Å². The molecule has 0 atom stereocenters. The lowest BCUT2D eigenvalue weighted by molar-refractivity contribution is 0.381. The second-order valence-corrected chi connectivity index (χ2v) is 7.91. The molecule has 0 saturated carbocycles. The number of hydrogen-bond donors (Lipinski definition) is 1. The molecule has 5 nitrogen and oxygen atoms in total. The zero-order valence-electron chi connectivity index (χ0n) is 15.1. The smallest absolute Gasteiger partial charge is 0.191 e. The van der Waals surface area contributed by atoms with Crippen LogP contribution >= 0.6 is 46.9 Å². The van der Waals surface area contributed by atoms with Crippen LogP contribution in [0, 0.1) is 13.8 Å². The van der Waals surface area contributed by atoms with E-state index in [4.69, 9.17) is 17.3 Å². The molecule has 1 aromatic carbocycles. The minimum Gasteiger partial charge on any atom is -0.370 e. The largest absolute Gasteiger partial charge is 0.370 e. The van der Waals surface area contributed by atoms with Crippen molar-refractivity contribution in [3.63, 3.8) is 0 Å². The number of piperazine rings is 1. The number of rotatable bonds is 4. The molecule has 8 heteroatoms. The van der Waals surface area contributed by atoms with Gasteiger partial charge >= 0.3 is 0 Å². The van der Waals surface area contributed by atoms with Crippen LogP contribution < -0.4 is 10.6 Å². The van der Waals surface area contributed by atoms with Crippen molar-refractivity contribution < 1.29 is 0 Å². The van der Waals surface area contributed by atoms with Gasteiger partial charge in [0.05, 0.1) is 10.7 Å². The van der Waals surface area contributed by atoms with Crippen molar-refractivity contribution in [1.82, 2.24) is 9.88 Å². The monoisotopic (exact) mass is 505 g/mol. The van der Waals surface area contributed by atoms with Gasteiger partial charge in [0.2, 0.25) is 0 Å². The summed E-state index contributed by atoms with van der Waals surface area (Å²) in [5.41, 5.74) is 8.50. The van der Waals surface area contributed by atoms with Gasteiger partial charge in [-0.2, -0.15) is 0 Å². The Morgan fingerprint density at radius 1 is 1.19 bits per heavy atom. The molecule has 0 radical (unpaired) electrons. The van der Waals surface area contributed by atoms with Gasteiger partial charge in [0, 0.05) is 54.7 Å². The summed E-state index contributed by atoms with van der Waals surface area (Å²) >= 11 is 7.70. The number of guanidine groups is 1. The van der Waals surface area contributed by atoms with Gasteiger partial charge in [-0.25, -0.2) is 4.98 Å². The van der Waals surface area contributed by atoms with Gasteiger partial charge in [-0.1, -0.05) is 11.6 Å². The van der Waals surface area contributed by atoms with Crippen LogP contribution in [0.2, 0.25) is 5.02 Å². The van der Waals surface area contributed by atoms with E-state index in [2.05, 4.69) is 38.8 Å². The molecule has 0 unspecified atom stereocenters. The molecule has 2 heterocycles. The van der Waals surface area contributed by atoms with E-state index < -0.39 is 0 Å². The maximum atomic E-state index is 6.17. The van der Waals surface area contributed by atoms with E-state index in [1.807, 2.05) is 19.1 Å². The number of hydrogen-bond acceptors (Lipinski definition) is 4. The Balaban J connectivity index is 0.00000243. The molecule has 26 heavy (non-hydrogen) atoms. The lowest BCUT2D eigenvalue weighted by atomic mass is 10.2. The highest BCUT2D eigenvalue weighted by atomic mass is 127. The summed E-state index contributed by atoms with van der Waals surface area (Å²) in [6, 6.07) is 7.99. The number of thiazole rings is 1. The number of aryl methyl sites for hydroxylation is 2. The summed E-state index contributed by atoms with van der Waals surface area (Å²) in [6.07, 6.45) is 0.852. The van der Waals surface area contributed by atoms with Gasteiger partial charge in [0.15, 0.2) is 5.96 Å². The molecule has 3 rings (SSSR count). The van der Waals surface area contributed by atoms with Crippen molar-refractivity contribution in [3.05, 3.63) is 44.9 Å². The van der Waals surface area contributed by atoms with Gasteiger partial charge in [-0.15, -0.1) is 35.3 Å². The highest BCUT2D eigenvalue weighted by Gasteiger charge is 2.18. The van der Waals surface area contributed by atoms with Gasteiger partial charge in [0.25, 0.3) is 0 Å². The van der Waals surface area contributed by atoms with Crippen LogP contribution in [0.15, 0.2) is 29.3 Å². The standard InChI is InChI=1S/C18H24ClN5S.HI/c1-13-14(2)25-17(22-13)7-8-21-18(20)24-11-9-23(10-12-24)16-5-3-15(19)4-6-16;/h3-6H,7-12H2,1-2H3,(H2,20,21);1H. The number of nitrogens with two attached hydrogens (primary N) is 1. The predicted octanol–water partition coefficient (Wildman–Crippen LogP) is 3.71. The molecular formula is C18H25ClIN5S. The third kappa shape index (κ3) is 5.47. The van der Waals surface area contributed by atoms with Crippen molar-refractivity contribution in [2.45, 2.75) is 20.3 Å². The normalized spacial score (nSPS) is 15.1. The maximum Gasteiger partial charge on any atom is 0.191 e. The Hall–Kier alpha value is -1.06. The molecule has 2 N–H and O–H groups in total. The maximum absolute atomic E-state index is 6.17. The van der Waals surface area contributed by atoms with E-state index in [1.54, 1.807) is 11.3 Å². The quantitative estimate of drug-likeness (QED) is 0.391. The Kier molecular flexibility index (Phi) is 7.97. The average molecular weight is 506 g/mol. The zero-order valence-corrected chi connectivity index (χ0v) is 19.0. The summed E-state index contributed by atoms with van der Waals surface area (Å²) in [7, 11) is 0. The first-order valence-electron chi connectivity index (χ1n) is 8.51. The average Bonchev–Trinajstić information content (AvgIpc) is 2.93. The lowest BCUT2D eigenvalue weighted by Crippen LogP contribution is -2.51. The SMILES string of the molecule is Cc1nc(CCN=C(N)N2CCN(c3ccc(Cl)cc3)CC2)sc1C.I. The summed E-state index contributed by atoms with van der Waals surface area (Å²) in [5.74, 6) is 0.640. The summed E-state index contributed by atoms with van der Waals surface area (Å²) in [6.45, 7) is 8.48. The van der Waals surface area contributed by atoms with Gasteiger partial charge in [-0.3, -0.25) is 4.99 Å². The van der Waals surface area contributed by atoms with Crippen LogP contribution in [0.25, 0.3) is 0 Å². The minimum atomic E-state index is 0. The number of benzene rings is 1. The van der Waals surface area contributed by atoms with Gasteiger partial charge in [0.1, 0.15) is 0 Å². The first-order valence-corrected chi connectivity index (χ1v) is 9.70. The van der Waals surface area contributed by atoms with E-state index in [-0.39, 0.29) is 24.0 Å². The van der Waals surface area contributed by atoms with Crippen molar-refractivity contribution in [3.8, 4) is 0 Å². The molecule has 0 aliphatic carbocycles. The fourth-order valence-corrected chi connectivity index (χ4v) is 3.91. The van der Waals surface area contributed by atoms with E-state index in [1.165, 1.54) is 10.6 Å². The first kappa shape index (κ1) is 21.2. The second kappa shape index (κ2) is 9.75. The van der Waals surface area contributed by atoms with Crippen LogP contribution in [0.3, 0.4) is 0 Å². The Labute approximate surface area is 181 Å². The Morgan fingerprint density at radius 3 is 2.42 bits per heavy atom. The van der Waals surface area contributed by atoms with Crippen LogP contribution in [-0.4, -0.2) is 48.6 Å². The third-order valence-corrected chi connectivity index (χ3v) is 5.85. The molecule has 1 fully saturated rings. The third-order valence-electron chi connectivity index (χ3n) is 4.47. The van der Waals surface area contributed by atoms with E-state index in [0.717, 1.165) is 48.3 Å². The minimum absolute atomic E-state index is 0. The molecule has 142 valence electrons. The Morgan fingerprint density at radius 2 is 1.85 bits per heavy atom.